The fraction of sp³-hybridized carbons (Fsp3) is 0.538. The van der Waals surface area contributed by atoms with Crippen LogP contribution >= 0.6 is 7.82 Å². The number of carbonyl (C=O) groups excluding carboxylic acids is 2. The second-order valence-corrected chi connectivity index (χ2v) is 17.3. The molecule has 0 aliphatic heterocycles. The van der Waals surface area contributed by atoms with Gasteiger partial charge in [0.25, 0.3) is 7.82 Å². The van der Waals surface area contributed by atoms with Gasteiger partial charge in [-0.1, -0.05) is 154 Å². The zero-order valence-electron chi connectivity index (χ0n) is 39.3. The molecule has 0 saturated carbocycles. The van der Waals surface area contributed by atoms with E-state index in [0.29, 0.717) is 30.3 Å². The Morgan fingerprint density at radius 1 is 0.587 bits per heavy atom. The molecule has 0 saturated heterocycles. The Labute approximate surface area is 382 Å². The average molecular weight is 896 g/mol. The predicted octanol–water partition coefficient (Wildman–Crippen LogP) is 11.8. The highest BCUT2D eigenvalue weighted by Gasteiger charge is 2.21. The van der Waals surface area contributed by atoms with Crippen molar-refractivity contribution in [2.24, 2.45) is 0 Å². The van der Waals surface area contributed by atoms with Crippen molar-refractivity contribution >= 4 is 19.8 Å². The van der Waals surface area contributed by atoms with Crippen LogP contribution in [0.5, 0.6) is 0 Å². The third-order valence-corrected chi connectivity index (χ3v) is 9.72. The monoisotopic (exact) mass is 896 g/mol. The van der Waals surface area contributed by atoms with Gasteiger partial charge >= 0.3 is 11.9 Å². The Morgan fingerprint density at radius 2 is 1.10 bits per heavy atom. The van der Waals surface area contributed by atoms with E-state index < -0.39 is 38.6 Å². The van der Waals surface area contributed by atoms with Gasteiger partial charge in [0, 0.05) is 12.8 Å². The molecule has 0 heterocycles. The molecule has 0 aromatic rings. The Kier molecular flexibility index (Phi) is 39.5. The molecule has 63 heavy (non-hydrogen) atoms. The van der Waals surface area contributed by atoms with Crippen molar-refractivity contribution < 1.29 is 47.2 Å². The van der Waals surface area contributed by atoms with Crippen LogP contribution in [0, 0.1) is 0 Å². The largest absolute Gasteiger partial charge is 0.756 e. The van der Waals surface area contributed by atoms with Crippen LogP contribution in [-0.2, 0) is 32.7 Å². The molecular formula is C52H82NO9P. The predicted molar refractivity (Wildman–Crippen MR) is 260 cm³/mol. The number of unbranched alkanes of at least 4 members (excludes halogenated alkanes) is 3. The first-order valence-electron chi connectivity index (χ1n) is 23.0. The number of carbonyl (C=O) groups is 2. The van der Waals surface area contributed by atoms with Crippen LogP contribution in [0.3, 0.4) is 0 Å². The second kappa shape index (κ2) is 42.1. The Balaban J connectivity index is 4.64. The maximum atomic E-state index is 12.7. The molecule has 0 radical (unpaired) electrons. The quantitative estimate of drug-likeness (QED) is 0.0160. The molecule has 0 aromatic carbocycles. The van der Waals surface area contributed by atoms with E-state index in [-0.39, 0.29) is 26.1 Å². The van der Waals surface area contributed by atoms with Crippen LogP contribution in [0.4, 0.5) is 0 Å². The summed E-state index contributed by atoms with van der Waals surface area (Å²) in [4.78, 5) is 37.6. The van der Waals surface area contributed by atoms with E-state index in [0.717, 1.165) is 77.0 Å². The number of nitrogens with zero attached hydrogens (tertiary/aromatic N) is 1. The van der Waals surface area contributed by atoms with E-state index in [9.17, 15) is 24.2 Å². The normalized spacial score (nSPS) is 15.2. The minimum Gasteiger partial charge on any atom is -0.756 e. The van der Waals surface area contributed by atoms with Crippen molar-refractivity contribution in [3.8, 4) is 0 Å². The molecule has 0 aliphatic rings. The minimum atomic E-state index is -4.69. The summed E-state index contributed by atoms with van der Waals surface area (Å²) in [6.07, 6.45) is 56.6. The summed E-state index contributed by atoms with van der Waals surface area (Å²) in [6, 6.07) is 0. The van der Waals surface area contributed by atoms with Gasteiger partial charge in [0.1, 0.15) is 19.8 Å². The summed E-state index contributed by atoms with van der Waals surface area (Å²) >= 11 is 0. The van der Waals surface area contributed by atoms with E-state index >= 15 is 0 Å². The maximum Gasteiger partial charge on any atom is 0.306 e. The number of aliphatic hydroxyl groups excluding tert-OH is 1. The summed E-state index contributed by atoms with van der Waals surface area (Å²) < 4.78 is 33.7. The highest BCUT2D eigenvalue weighted by atomic mass is 31.2. The SMILES string of the molecule is CC/C=C\C/C=C\C/C=C\C/C=C\C=C/C(O)C/C=C\CCC(=O)OC[C@H](COP(=O)([O-])OCC[N+](C)(C)C)OC(=O)CCCCC/C=C\C/C=C\C/C=C\C/C=C\C/C=C\CC. The molecular weight excluding hydrogens is 814 g/mol. The van der Waals surface area contributed by atoms with E-state index in [1.165, 1.54) is 0 Å². The molecule has 10 nitrogen and oxygen atoms in total. The van der Waals surface area contributed by atoms with Crippen LogP contribution in [-0.4, -0.2) is 81.2 Å². The molecule has 3 atom stereocenters. The maximum absolute atomic E-state index is 12.7. The zero-order chi connectivity index (χ0) is 46.5. The molecule has 0 spiro atoms. The summed E-state index contributed by atoms with van der Waals surface area (Å²) in [5.41, 5.74) is 0. The number of hydrogen-bond acceptors (Lipinski definition) is 9. The standard InChI is InChI=1S/C52H82NO9P/c1-6-8-10-12-14-16-18-20-21-22-23-24-25-27-29-31-33-35-39-44-52(56)62-50(48-61-63(57,58)60-46-45-53(3,4)5)47-59-51(55)43-40-36-38-42-49(54)41-37-34-32-30-28-26-19-17-15-13-11-9-7-2/h8-11,14-17,20-21,23-24,26-29,32,34,36-38,41,49-50,54H,6-7,12-13,18-19,22,25,30-31,33,35,39-40,42-48H2,1-5H3/b10-8-,11-9-,16-14-,17-15-,21-20-,24-23-,28-26-,29-27-,34-32-,38-36-,41-37-/t49?,50-/m1/s1. The molecule has 0 rings (SSSR count). The van der Waals surface area contributed by atoms with Gasteiger partial charge in [-0.15, -0.1) is 0 Å². The molecule has 354 valence electrons. The number of rotatable bonds is 39. The third kappa shape index (κ3) is 45.9. The summed E-state index contributed by atoms with van der Waals surface area (Å²) in [5.74, 6) is -1.07. The van der Waals surface area contributed by atoms with Gasteiger partial charge < -0.3 is 33.0 Å². The molecule has 1 N–H and O–H groups in total. The van der Waals surface area contributed by atoms with Crippen LogP contribution in [0.2, 0.25) is 0 Å². The number of phosphoric ester groups is 1. The molecule has 0 aliphatic carbocycles. The van der Waals surface area contributed by atoms with E-state index in [1.807, 2.05) is 39.4 Å². The lowest BCUT2D eigenvalue weighted by molar-refractivity contribution is -0.870. The van der Waals surface area contributed by atoms with Gasteiger partial charge in [-0.2, -0.15) is 0 Å². The minimum absolute atomic E-state index is 0.0536. The van der Waals surface area contributed by atoms with Crippen molar-refractivity contribution in [3.05, 3.63) is 134 Å². The van der Waals surface area contributed by atoms with Gasteiger partial charge in [0.2, 0.25) is 0 Å². The Morgan fingerprint density at radius 3 is 1.63 bits per heavy atom. The van der Waals surface area contributed by atoms with Gasteiger partial charge in [0.15, 0.2) is 6.10 Å². The Bertz CT molecular complexity index is 1540. The van der Waals surface area contributed by atoms with Crippen molar-refractivity contribution in [1.29, 1.82) is 0 Å². The van der Waals surface area contributed by atoms with Gasteiger partial charge in [-0.25, -0.2) is 0 Å². The first kappa shape index (κ1) is 59.1. The first-order chi connectivity index (χ1) is 30.4. The topological polar surface area (TPSA) is 131 Å². The van der Waals surface area contributed by atoms with Crippen LogP contribution < -0.4 is 4.89 Å². The fourth-order valence-electron chi connectivity index (χ4n) is 5.20. The number of likely N-dealkylation sites (N-methyl/N-ethyl adjacent to an activating group) is 1. The van der Waals surface area contributed by atoms with Crippen LogP contribution in [0.1, 0.15) is 123 Å². The van der Waals surface area contributed by atoms with Crippen LogP contribution in [0.25, 0.3) is 0 Å². The molecule has 0 bridgehead atoms. The number of allylic oxidation sites excluding steroid dienone is 20. The molecule has 11 heteroatoms. The number of hydrogen-bond donors (Lipinski definition) is 1. The summed E-state index contributed by atoms with van der Waals surface area (Å²) in [5, 5.41) is 10.2. The number of aliphatic hydroxyl groups is 1. The molecule has 0 amide bonds. The fourth-order valence-corrected chi connectivity index (χ4v) is 5.93. The van der Waals surface area contributed by atoms with Gasteiger partial charge in [0.05, 0.1) is 33.9 Å². The number of phosphoric acid groups is 1. The smallest absolute Gasteiger partial charge is 0.306 e. The van der Waals surface area contributed by atoms with E-state index in [2.05, 4.69) is 111 Å². The molecule has 0 fully saturated rings. The van der Waals surface area contributed by atoms with E-state index in [1.54, 1.807) is 18.2 Å². The van der Waals surface area contributed by atoms with Crippen molar-refractivity contribution in [3.63, 3.8) is 0 Å². The summed E-state index contributed by atoms with van der Waals surface area (Å²) in [6.45, 7) is 3.72. The van der Waals surface area contributed by atoms with Crippen molar-refractivity contribution in [2.45, 2.75) is 135 Å². The number of esters is 2. The highest BCUT2D eigenvalue weighted by Crippen LogP contribution is 2.38. The lowest BCUT2D eigenvalue weighted by atomic mass is 10.1. The Hall–Kier alpha value is -3.89. The molecule has 0 aromatic heterocycles. The second-order valence-electron chi connectivity index (χ2n) is 15.8. The summed E-state index contributed by atoms with van der Waals surface area (Å²) in [7, 11) is 1.02. The van der Waals surface area contributed by atoms with E-state index in [4.69, 9.17) is 18.5 Å². The third-order valence-electron chi connectivity index (χ3n) is 8.76. The van der Waals surface area contributed by atoms with Crippen molar-refractivity contribution in [1.82, 2.24) is 0 Å². The van der Waals surface area contributed by atoms with Gasteiger partial charge in [-0.05, 0) is 89.9 Å². The first-order valence-corrected chi connectivity index (χ1v) is 24.5. The molecule has 2 unspecified atom stereocenters. The van der Waals surface area contributed by atoms with Gasteiger partial charge in [-0.3, -0.25) is 14.2 Å². The van der Waals surface area contributed by atoms with Crippen LogP contribution in [0.15, 0.2) is 134 Å². The number of quaternary nitrogens is 1. The zero-order valence-corrected chi connectivity index (χ0v) is 40.2. The average Bonchev–Trinajstić information content (AvgIpc) is 3.23. The highest BCUT2D eigenvalue weighted by molar-refractivity contribution is 7.45. The lowest BCUT2D eigenvalue weighted by Gasteiger charge is -2.28. The lowest BCUT2D eigenvalue weighted by Crippen LogP contribution is -2.37. The van der Waals surface area contributed by atoms with Crippen molar-refractivity contribution in [2.75, 3.05) is 47.5 Å². The number of ether oxygens (including phenoxy) is 2.